The minimum Gasteiger partial charge on any atom is -0.419 e. The van der Waals surface area contributed by atoms with Gasteiger partial charge in [0, 0.05) is 16.3 Å². The Morgan fingerprint density at radius 3 is 2.21 bits per heavy atom. The van der Waals surface area contributed by atoms with Crippen LogP contribution in [0.2, 0.25) is 5.02 Å². The van der Waals surface area contributed by atoms with Gasteiger partial charge in [-0.25, -0.2) is 12.8 Å². The van der Waals surface area contributed by atoms with Crippen molar-refractivity contribution in [1.82, 2.24) is 4.98 Å². The third kappa shape index (κ3) is 4.01. The molecule has 0 aliphatic rings. The van der Waals surface area contributed by atoms with Crippen molar-refractivity contribution >= 4 is 33.0 Å². The van der Waals surface area contributed by atoms with E-state index in [2.05, 4.69) is 10.3 Å². The van der Waals surface area contributed by atoms with E-state index in [0.29, 0.717) is 16.3 Å². The van der Waals surface area contributed by atoms with Gasteiger partial charge in [-0.2, -0.15) is 4.98 Å². The Balaban J connectivity index is 1.84. The van der Waals surface area contributed by atoms with Gasteiger partial charge >= 0.3 is 0 Å². The maximum atomic E-state index is 13.2. The van der Waals surface area contributed by atoms with Gasteiger partial charge in [-0.15, -0.1) is 0 Å². The standard InChI is InChI=1S/C21H14ClFN2O3S/c22-15-8-12-18(13-9-15)29(26,27)21-20(24-17-4-2-1-3-5-17)28-19(25-21)14-6-10-16(23)11-7-14/h1-13,24H. The molecule has 146 valence electrons. The summed E-state index contributed by atoms with van der Waals surface area (Å²) < 4.78 is 45.4. The van der Waals surface area contributed by atoms with Crippen LogP contribution >= 0.6 is 11.6 Å². The fraction of sp³-hybridized carbons (Fsp3) is 0. The second-order valence-corrected chi connectivity index (χ2v) is 8.41. The number of para-hydroxylation sites is 1. The van der Waals surface area contributed by atoms with Gasteiger partial charge in [0.2, 0.25) is 26.6 Å². The fourth-order valence-corrected chi connectivity index (χ4v) is 4.04. The quantitative estimate of drug-likeness (QED) is 0.440. The number of aromatic nitrogens is 1. The number of anilines is 2. The molecule has 1 aromatic heterocycles. The Kier molecular flexibility index (Phi) is 5.08. The number of sulfone groups is 1. The summed E-state index contributed by atoms with van der Waals surface area (Å²) in [6.07, 6.45) is 0. The lowest BCUT2D eigenvalue weighted by molar-refractivity contribution is 0.581. The molecule has 0 atom stereocenters. The van der Waals surface area contributed by atoms with Gasteiger partial charge in [0.25, 0.3) is 0 Å². The van der Waals surface area contributed by atoms with Gasteiger partial charge in [0.15, 0.2) is 0 Å². The predicted octanol–water partition coefficient (Wildman–Crippen LogP) is 5.71. The maximum Gasteiger partial charge on any atom is 0.238 e. The molecule has 0 unspecified atom stereocenters. The third-order valence-corrected chi connectivity index (χ3v) is 6.03. The molecule has 29 heavy (non-hydrogen) atoms. The summed E-state index contributed by atoms with van der Waals surface area (Å²) in [5.74, 6) is -0.404. The number of hydrogen-bond donors (Lipinski definition) is 1. The first kappa shape index (κ1) is 19.2. The smallest absolute Gasteiger partial charge is 0.238 e. The van der Waals surface area contributed by atoms with Crippen molar-refractivity contribution in [3.05, 3.63) is 89.7 Å². The van der Waals surface area contributed by atoms with Crippen LogP contribution in [0, 0.1) is 5.82 Å². The monoisotopic (exact) mass is 428 g/mol. The molecule has 0 spiro atoms. The van der Waals surface area contributed by atoms with E-state index in [1.165, 1.54) is 48.5 Å². The number of hydrogen-bond acceptors (Lipinski definition) is 5. The van der Waals surface area contributed by atoms with Gasteiger partial charge in [-0.1, -0.05) is 29.8 Å². The molecule has 4 aromatic rings. The van der Waals surface area contributed by atoms with Crippen LogP contribution in [0.15, 0.2) is 93.2 Å². The summed E-state index contributed by atoms with van der Waals surface area (Å²) in [6, 6.07) is 20.1. The van der Waals surface area contributed by atoms with Crippen molar-refractivity contribution < 1.29 is 17.2 Å². The first-order chi connectivity index (χ1) is 13.9. The number of rotatable bonds is 5. The SMILES string of the molecule is O=S(=O)(c1ccc(Cl)cc1)c1nc(-c2ccc(F)cc2)oc1Nc1ccccc1. The average Bonchev–Trinajstić information content (AvgIpc) is 3.14. The van der Waals surface area contributed by atoms with Gasteiger partial charge in [-0.3, -0.25) is 0 Å². The summed E-state index contributed by atoms with van der Waals surface area (Å²) in [5.41, 5.74) is 1.07. The van der Waals surface area contributed by atoms with Gasteiger partial charge in [-0.05, 0) is 60.7 Å². The van der Waals surface area contributed by atoms with Crippen molar-refractivity contribution in [3.8, 4) is 11.5 Å². The molecule has 1 heterocycles. The molecule has 0 saturated carbocycles. The highest BCUT2D eigenvalue weighted by atomic mass is 35.5. The van der Waals surface area contributed by atoms with Crippen LogP contribution < -0.4 is 5.32 Å². The molecule has 0 amide bonds. The van der Waals surface area contributed by atoms with Gasteiger partial charge in [0.05, 0.1) is 4.90 Å². The van der Waals surface area contributed by atoms with E-state index >= 15 is 0 Å². The fourth-order valence-electron chi connectivity index (χ4n) is 2.66. The zero-order chi connectivity index (χ0) is 20.4. The zero-order valence-corrected chi connectivity index (χ0v) is 16.4. The second-order valence-electron chi connectivity index (χ2n) is 6.11. The molecule has 8 heteroatoms. The number of benzene rings is 3. The van der Waals surface area contributed by atoms with Crippen LogP contribution in [0.25, 0.3) is 11.5 Å². The predicted molar refractivity (Wildman–Crippen MR) is 109 cm³/mol. The average molecular weight is 429 g/mol. The van der Waals surface area contributed by atoms with Gasteiger partial charge in [0.1, 0.15) is 5.82 Å². The lowest BCUT2D eigenvalue weighted by Crippen LogP contribution is -2.05. The molecule has 0 bridgehead atoms. The normalized spacial score (nSPS) is 11.4. The van der Waals surface area contributed by atoms with Crippen LogP contribution in [0.3, 0.4) is 0 Å². The van der Waals surface area contributed by atoms with E-state index in [1.54, 1.807) is 24.3 Å². The molecule has 0 radical (unpaired) electrons. The Morgan fingerprint density at radius 1 is 0.897 bits per heavy atom. The highest BCUT2D eigenvalue weighted by Crippen LogP contribution is 2.34. The second kappa shape index (κ2) is 7.69. The van der Waals surface area contributed by atoms with E-state index in [1.807, 2.05) is 6.07 Å². The van der Waals surface area contributed by atoms with Crippen LogP contribution in [-0.4, -0.2) is 13.4 Å². The van der Waals surface area contributed by atoms with E-state index in [4.69, 9.17) is 16.0 Å². The molecule has 5 nitrogen and oxygen atoms in total. The first-order valence-electron chi connectivity index (χ1n) is 8.53. The lowest BCUT2D eigenvalue weighted by atomic mass is 10.2. The molecular weight excluding hydrogens is 415 g/mol. The topological polar surface area (TPSA) is 72.2 Å². The van der Waals surface area contributed by atoms with E-state index in [0.717, 1.165) is 0 Å². The Bertz CT molecular complexity index is 1240. The summed E-state index contributed by atoms with van der Waals surface area (Å²) in [5, 5.41) is 3.09. The van der Waals surface area contributed by atoms with Crippen LogP contribution in [0.5, 0.6) is 0 Å². The molecule has 0 aliphatic carbocycles. The minimum absolute atomic E-state index is 0.0250. The van der Waals surface area contributed by atoms with Crippen LogP contribution in [-0.2, 0) is 9.84 Å². The van der Waals surface area contributed by atoms with Crippen molar-refractivity contribution in [2.45, 2.75) is 9.92 Å². The summed E-state index contributed by atoms with van der Waals surface area (Å²) in [7, 11) is -4.00. The number of nitrogens with zero attached hydrogens (tertiary/aromatic N) is 1. The van der Waals surface area contributed by atoms with Gasteiger partial charge < -0.3 is 9.73 Å². The van der Waals surface area contributed by atoms with E-state index in [-0.39, 0.29) is 21.7 Å². The molecule has 3 aromatic carbocycles. The highest BCUT2D eigenvalue weighted by molar-refractivity contribution is 7.91. The van der Waals surface area contributed by atoms with Crippen LogP contribution in [0.4, 0.5) is 16.0 Å². The van der Waals surface area contributed by atoms with E-state index in [9.17, 15) is 12.8 Å². The van der Waals surface area contributed by atoms with Crippen molar-refractivity contribution in [1.29, 1.82) is 0 Å². The largest absolute Gasteiger partial charge is 0.419 e. The van der Waals surface area contributed by atoms with Crippen molar-refractivity contribution in [2.24, 2.45) is 0 Å². The lowest BCUT2D eigenvalue weighted by Gasteiger charge is -2.06. The Hall–Kier alpha value is -3.16. The molecule has 4 rings (SSSR count). The van der Waals surface area contributed by atoms with Crippen molar-refractivity contribution in [3.63, 3.8) is 0 Å². The number of oxazole rings is 1. The summed E-state index contributed by atoms with van der Waals surface area (Å²) in [4.78, 5) is 4.23. The molecular formula is C21H14ClFN2O3S. The minimum atomic E-state index is -4.00. The zero-order valence-electron chi connectivity index (χ0n) is 14.8. The van der Waals surface area contributed by atoms with E-state index < -0.39 is 15.7 Å². The Morgan fingerprint density at radius 2 is 1.55 bits per heavy atom. The molecule has 0 aliphatic heterocycles. The van der Waals surface area contributed by atoms with Crippen LogP contribution in [0.1, 0.15) is 0 Å². The third-order valence-electron chi connectivity index (χ3n) is 4.10. The maximum absolute atomic E-state index is 13.2. The number of halogens is 2. The molecule has 0 fully saturated rings. The summed E-state index contributed by atoms with van der Waals surface area (Å²) in [6.45, 7) is 0. The number of nitrogens with one attached hydrogen (secondary N) is 1. The van der Waals surface area contributed by atoms with Crippen molar-refractivity contribution in [2.75, 3.05) is 5.32 Å². The Labute approximate surface area is 171 Å². The molecule has 0 saturated heterocycles. The molecule has 1 N–H and O–H groups in total. The first-order valence-corrected chi connectivity index (χ1v) is 10.4. The highest BCUT2D eigenvalue weighted by Gasteiger charge is 2.28. The summed E-state index contributed by atoms with van der Waals surface area (Å²) >= 11 is 5.87.